The zero-order valence-corrected chi connectivity index (χ0v) is 13.3. The number of alkyl halides is 3. The van der Waals surface area contributed by atoms with Crippen LogP contribution in [0, 0.1) is 0 Å². The summed E-state index contributed by atoms with van der Waals surface area (Å²) in [4.78, 5) is 8.40. The minimum absolute atomic E-state index is 0.203. The van der Waals surface area contributed by atoms with Crippen LogP contribution in [0.5, 0.6) is 0 Å². The van der Waals surface area contributed by atoms with E-state index in [1.165, 1.54) is 19.9 Å². The fourth-order valence-corrected chi connectivity index (χ4v) is 2.23. The molecule has 0 aliphatic carbocycles. The van der Waals surface area contributed by atoms with Crippen LogP contribution >= 0.6 is 11.6 Å². The first-order valence-corrected chi connectivity index (χ1v) is 7.21. The maximum absolute atomic E-state index is 12.9. The predicted molar refractivity (Wildman–Crippen MR) is 88.5 cm³/mol. The molecule has 2 aromatic rings. The number of fused-ring (bicyclic) bond motifs is 1. The first-order chi connectivity index (χ1) is 10.8. The van der Waals surface area contributed by atoms with E-state index in [4.69, 9.17) is 11.6 Å². The number of hydrogen-bond donors (Lipinski definition) is 0. The van der Waals surface area contributed by atoms with Crippen molar-refractivity contribution in [3.8, 4) is 0 Å². The lowest BCUT2D eigenvalue weighted by molar-refractivity contribution is -0.0881. The van der Waals surface area contributed by atoms with Crippen molar-refractivity contribution >= 4 is 34.0 Å². The third kappa shape index (κ3) is 4.42. The van der Waals surface area contributed by atoms with Crippen molar-refractivity contribution in [1.82, 2.24) is 4.98 Å². The van der Waals surface area contributed by atoms with Gasteiger partial charge in [0.1, 0.15) is 0 Å². The summed E-state index contributed by atoms with van der Waals surface area (Å²) in [6.45, 7) is 3.02. The molecule has 0 aliphatic rings. The molecule has 0 spiro atoms. The summed E-state index contributed by atoms with van der Waals surface area (Å²) < 4.78 is 38.6. The Morgan fingerprint density at radius 2 is 1.96 bits per heavy atom. The Balaban J connectivity index is 2.42. The SMILES string of the molecule is CC=C/C(=C\C(C)=Nc1ccc2cccc(Cl)c2n1)C(F)(F)F. The summed E-state index contributed by atoms with van der Waals surface area (Å²) >= 11 is 6.07. The number of halogens is 4. The van der Waals surface area contributed by atoms with Crippen molar-refractivity contribution in [2.45, 2.75) is 20.0 Å². The van der Waals surface area contributed by atoms with Gasteiger partial charge in [-0.05, 0) is 38.1 Å². The van der Waals surface area contributed by atoms with Crippen LogP contribution in [0.3, 0.4) is 0 Å². The summed E-state index contributed by atoms with van der Waals surface area (Å²) in [5, 5.41) is 1.31. The van der Waals surface area contributed by atoms with Gasteiger partial charge in [-0.25, -0.2) is 9.98 Å². The van der Waals surface area contributed by atoms with E-state index in [1.54, 1.807) is 24.3 Å². The minimum atomic E-state index is -4.43. The number of allylic oxidation sites excluding steroid dienone is 4. The maximum atomic E-state index is 12.9. The van der Waals surface area contributed by atoms with Gasteiger partial charge < -0.3 is 0 Å². The van der Waals surface area contributed by atoms with Gasteiger partial charge in [-0.2, -0.15) is 13.2 Å². The van der Waals surface area contributed by atoms with E-state index >= 15 is 0 Å². The van der Waals surface area contributed by atoms with E-state index < -0.39 is 11.7 Å². The molecular formula is C17H14ClF3N2. The zero-order valence-electron chi connectivity index (χ0n) is 12.5. The van der Waals surface area contributed by atoms with Gasteiger partial charge in [-0.1, -0.05) is 35.9 Å². The third-order valence-electron chi connectivity index (χ3n) is 2.99. The highest BCUT2D eigenvalue weighted by Gasteiger charge is 2.31. The number of aliphatic imine (C=N–C) groups is 1. The van der Waals surface area contributed by atoms with E-state index in [2.05, 4.69) is 9.98 Å². The Labute approximate surface area is 137 Å². The van der Waals surface area contributed by atoms with Gasteiger partial charge in [0, 0.05) is 11.1 Å². The van der Waals surface area contributed by atoms with Crippen molar-refractivity contribution in [1.29, 1.82) is 0 Å². The summed E-state index contributed by atoms with van der Waals surface area (Å²) in [7, 11) is 0. The van der Waals surface area contributed by atoms with Crippen molar-refractivity contribution in [3.05, 3.63) is 59.2 Å². The molecule has 0 unspecified atom stereocenters. The van der Waals surface area contributed by atoms with Gasteiger partial charge in [0.15, 0.2) is 5.82 Å². The van der Waals surface area contributed by atoms with Crippen LogP contribution in [0.25, 0.3) is 10.9 Å². The quantitative estimate of drug-likeness (QED) is 0.494. The van der Waals surface area contributed by atoms with Crippen LogP contribution < -0.4 is 0 Å². The highest BCUT2D eigenvalue weighted by molar-refractivity contribution is 6.35. The van der Waals surface area contributed by atoms with Gasteiger partial charge in [-0.3, -0.25) is 0 Å². The lowest BCUT2D eigenvalue weighted by Crippen LogP contribution is -2.11. The normalized spacial score (nSPS) is 14.0. The second-order valence-electron chi connectivity index (χ2n) is 4.83. The van der Waals surface area contributed by atoms with E-state index in [0.29, 0.717) is 16.4 Å². The molecule has 1 aromatic heterocycles. The molecule has 120 valence electrons. The molecule has 0 radical (unpaired) electrons. The summed E-state index contributed by atoms with van der Waals surface area (Å²) in [6, 6.07) is 8.77. The molecule has 0 N–H and O–H groups in total. The van der Waals surface area contributed by atoms with Crippen molar-refractivity contribution in [2.24, 2.45) is 4.99 Å². The first kappa shape index (κ1) is 17.2. The lowest BCUT2D eigenvalue weighted by Gasteiger charge is -2.07. The van der Waals surface area contributed by atoms with Gasteiger partial charge >= 0.3 is 6.18 Å². The number of benzene rings is 1. The molecule has 0 fully saturated rings. The average molecular weight is 339 g/mol. The van der Waals surface area contributed by atoms with E-state index in [-0.39, 0.29) is 5.71 Å². The fourth-order valence-electron chi connectivity index (χ4n) is 2.00. The standard InChI is InChI=1S/C17H14ClF3N2/c1-3-5-13(17(19,20)21)10-11(2)22-15-9-8-12-6-4-7-14(18)16(12)23-15/h3-10H,1-2H3/b5-3?,13-10+,22-11?. The summed E-state index contributed by atoms with van der Waals surface area (Å²) in [5.41, 5.74) is 0.00564. The molecule has 0 saturated carbocycles. The highest BCUT2D eigenvalue weighted by atomic mass is 35.5. The predicted octanol–water partition coefficient (Wildman–Crippen LogP) is 6.05. The van der Waals surface area contributed by atoms with Gasteiger partial charge in [0.25, 0.3) is 0 Å². The molecule has 0 amide bonds. The van der Waals surface area contributed by atoms with Crippen LogP contribution in [0.15, 0.2) is 59.1 Å². The van der Waals surface area contributed by atoms with Crippen LogP contribution in [0.1, 0.15) is 13.8 Å². The monoisotopic (exact) mass is 338 g/mol. The second kappa shape index (κ2) is 6.96. The van der Waals surface area contributed by atoms with Gasteiger partial charge in [0.2, 0.25) is 0 Å². The highest BCUT2D eigenvalue weighted by Crippen LogP contribution is 2.27. The topological polar surface area (TPSA) is 25.2 Å². The average Bonchev–Trinajstić information content (AvgIpc) is 2.47. The van der Waals surface area contributed by atoms with Crippen LogP contribution in [-0.2, 0) is 0 Å². The van der Waals surface area contributed by atoms with Crippen LogP contribution in [0.4, 0.5) is 19.0 Å². The molecule has 1 aromatic carbocycles. The van der Waals surface area contributed by atoms with Gasteiger partial charge in [0.05, 0.1) is 16.1 Å². The van der Waals surface area contributed by atoms with E-state index in [0.717, 1.165) is 17.5 Å². The summed E-state index contributed by atoms with van der Waals surface area (Å²) in [6.07, 6.45) is -1.10. The Hall–Kier alpha value is -2.14. The molecule has 23 heavy (non-hydrogen) atoms. The molecule has 6 heteroatoms. The van der Waals surface area contributed by atoms with Crippen molar-refractivity contribution in [2.75, 3.05) is 0 Å². The third-order valence-corrected chi connectivity index (χ3v) is 3.29. The Morgan fingerprint density at radius 1 is 1.22 bits per heavy atom. The molecule has 0 saturated heterocycles. The molecule has 0 atom stereocenters. The van der Waals surface area contributed by atoms with E-state index in [9.17, 15) is 13.2 Å². The molecular weight excluding hydrogens is 325 g/mol. The number of aromatic nitrogens is 1. The first-order valence-electron chi connectivity index (χ1n) is 6.83. The molecule has 2 nitrogen and oxygen atoms in total. The van der Waals surface area contributed by atoms with Crippen LogP contribution in [0.2, 0.25) is 5.02 Å². The molecule has 2 rings (SSSR count). The van der Waals surface area contributed by atoms with Crippen LogP contribution in [-0.4, -0.2) is 16.9 Å². The number of para-hydroxylation sites is 1. The fraction of sp³-hybridized carbons (Fsp3) is 0.176. The lowest BCUT2D eigenvalue weighted by atomic mass is 10.2. The molecule has 1 heterocycles. The number of hydrogen-bond acceptors (Lipinski definition) is 2. The minimum Gasteiger partial charge on any atom is -0.234 e. The zero-order chi connectivity index (χ0) is 17.0. The smallest absolute Gasteiger partial charge is 0.234 e. The van der Waals surface area contributed by atoms with Gasteiger partial charge in [-0.15, -0.1) is 0 Å². The summed E-state index contributed by atoms with van der Waals surface area (Å²) in [5.74, 6) is 0.307. The Bertz CT molecular complexity index is 805. The number of nitrogens with zero attached hydrogens (tertiary/aromatic N) is 2. The second-order valence-corrected chi connectivity index (χ2v) is 5.24. The Kier molecular flexibility index (Phi) is 5.21. The largest absolute Gasteiger partial charge is 0.416 e. The van der Waals surface area contributed by atoms with Crippen molar-refractivity contribution in [3.63, 3.8) is 0 Å². The maximum Gasteiger partial charge on any atom is 0.416 e. The number of rotatable bonds is 3. The molecule has 0 bridgehead atoms. The van der Waals surface area contributed by atoms with E-state index in [1.807, 2.05) is 6.07 Å². The van der Waals surface area contributed by atoms with Crippen molar-refractivity contribution < 1.29 is 13.2 Å². The molecule has 0 aliphatic heterocycles. The number of pyridine rings is 1. The Morgan fingerprint density at radius 3 is 2.61 bits per heavy atom.